The van der Waals surface area contributed by atoms with Gasteiger partial charge in [-0.15, -0.1) is 0 Å². The summed E-state index contributed by atoms with van der Waals surface area (Å²) in [6.07, 6.45) is 4.00. The molecule has 5 heteroatoms. The van der Waals surface area contributed by atoms with Gasteiger partial charge in [0.15, 0.2) is 0 Å². The minimum atomic E-state index is 0.596. The minimum Gasteiger partial charge on any atom is -0.490 e. The number of hydrogen-bond acceptors (Lipinski definition) is 3. The Hall–Kier alpha value is -2.53. The molecule has 4 rings (SSSR count). The fourth-order valence-electron chi connectivity index (χ4n) is 3.98. The third-order valence-corrected chi connectivity index (χ3v) is 5.43. The van der Waals surface area contributed by atoms with Crippen LogP contribution in [0.15, 0.2) is 54.6 Å². The van der Waals surface area contributed by atoms with Crippen molar-refractivity contribution in [2.24, 2.45) is 0 Å². The molecule has 1 saturated heterocycles. The van der Waals surface area contributed by atoms with Gasteiger partial charge in [-0.2, -0.15) is 0 Å². The van der Waals surface area contributed by atoms with Gasteiger partial charge in [0.25, 0.3) is 0 Å². The van der Waals surface area contributed by atoms with Gasteiger partial charge in [0.2, 0.25) is 0 Å². The lowest BCUT2D eigenvalue weighted by molar-refractivity contribution is -0.657. The van der Waals surface area contributed by atoms with Crippen LogP contribution in [-0.2, 0) is 13.1 Å². The van der Waals surface area contributed by atoms with E-state index in [-0.39, 0.29) is 0 Å². The second-order valence-corrected chi connectivity index (χ2v) is 7.21. The lowest BCUT2D eigenvalue weighted by Gasteiger charge is -2.25. The molecule has 1 aliphatic rings. The van der Waals surface area contributed by atoms with Gasteiger partial charge in [-0.25, -0.2) is 9.13 Å². The molecule has 1 aliphatic heterocycles. The first kappa shape index (κ1) is 17.9. The molecule has 0 amide bonds. The van der Waals surface area contributed by atoms with E-state index in [1.165, 1.54) is 43.4 Å². The number of para-hydroxylation sites is 3. The monoisotopic (exact) mass is 365 g/mol. The molecule has 3 aromatic rings. The predicted octanol–water partition coefficient (Wildman–Crippen LogP) is 3.08. The van der Waals surface area contributed by atoms with E-state index in [0.29, 0.717) is 6.61 Å². The van der Waals surface area contributed by atoms with Crippen molar-refractivity contribution in [3.8, 4) is 5.75 Å². The van der Waals surface area contributed by atoms with E-state index in [4.69, 9.17) is 10.5 Å². The first-order chi connectivity index (χ1) is 13.3. The Morgan fingerprint density at radius 3 is 2.44 bits per heavy atom. The lowest BCUT2D eigenvalue weighted by Crippen LogP contribution is -2.43. The summed E-state index contributed by atoms with van der Waals surface area (Å²) in [6.45, 7) is 5.74. The standard InChI is InChI=1S/C22H28N4O/c23-22-25(16-15-24-13-7-2-8-14-24)20-11-5-6-12-21(20)26(22)17-18-27-19-9-3-1-4-10-19/h1,3-6,9-12,23H,2,7-8,13-18H2/p+1. The molecular formula is C22H29N4O+. The summed E-state index contributed by atoms with van der Waals surface area (Å²) in [6, 6.07) is 18.4. The van der Waals surface area contributed by atoms with Gasteiger partial charge in [-0.3, -0.25) is 5.73 Å². The Morgan fingerprint density at radius 1 is 0.889 bits per heavy atom. The molecule has 0 unspecified atom stereocenters. The van der Waals surface area contributed by atoms with E-state index in [2.05, 4.69) is 38.3 Å². The van der Waals surface area contributed by atoms with Gasteiger partial charge < -0.3 is 9.64 Å². The number of hydrogen-bond donors (Lipinski definition) is 1. The van der Waals surface area contributed by atoms with Crippen LogP contribution in [0, 0.1) is 0 Å². The lowest BCUT2D eigenvalue weighted by atomic mass is 10.1. The summed E-state index contributed by atoms with van der Waals surface area (Å²) in [5, 5.41) is 0. The summed E-state index contributed by atoms with van der Waals surface area (Å²) < 4.78 is 10.3. The van der Waals surface area contributed by atoms with Gasteiger partial charge in [0.1, 0.15) is 29.9 Å². The molecule has 2 N–H and O–H groups in total. The second kappa shape index (κ2) is 8.44. The van der Waals surface area contributed by atoms with Crippen molar-refractivity contribution in [3.63, 3.8) is 0 Å². The zero-order chi connectivity index (χ0) is 18.5. The van der Waals surface area contributed by atoms with E-state index in [1.54, 1.807) is 0 Å². The average molecular weight is 366 g/mol. The average Bonchev–Trinajstić information content (AvgIpc) is 2.99. The van der Waals surface area contributed by atoms with Gasteiger partial charge in [0, 0.05) is 6.54 Å². The maximum absolute atomic E-state index is 6.56. The Morgan fingerprint density at radius 2 is 1.63 bits per heavy atom. The van der Waals surface area contributed by atoms with Crippen LogP contribution in [0.1, 0.15) is 19.3 Å². The smallest absolute Gasteiger partial charge is 0.356 e. The van der Waals surface area contributed by atoms with E-state index in [1.807, 2.05) is 30.3 Å². The largest absolute Gasteiger partial charge is 0.490 e. The first-order valence-corrected chi connectivity index (χ1v) is 10.00. The Balaban J connectivity index is 1.49. The Kier molecular flexibility index (Phi) is 5.58. The van der Waals surface area contributed by atoms with Gasteiger partial charge in [0.05, 0.1) is 6.54 Å². The van der Waals surface area contributed by atoms with E-state index in [9.17, 15) is 0 Å². The number of benzene rings is 2. The van der Waals surface area contributed by atoms with Crippen molar-refractivity contribution in [2.45, 2.75) is 32.4 Å². The molecule has 0 saturated carbocycles. The number of nitrogens with two attached hydrogens (primary N) is 1. The molecule has 0 aliphatic carbocycles. The maximum atomic E-state index is 6.56. The number of ether oxygens (including phenoxy) is 1. The topological polar surface area (TPSA) is 47.3 Å². The van der Waals surface area contributed by atoms with Crippen molar-refractivity contribution in [3.05, 3.63) is 54.6 Å². The summed E-state index contributed by atoms with van der Waals surface area (Å²) in [4.78, 5) is 2.56. The maximum Gasteiger partial charge on any atom is 0.356 e. The predicted molar refractivity (Wildman–Crippen MR) is 109 cm³/mol. The summed E-state index contributed by atoms with van der Waals surface area (Å²) >= 11 is 0. The van der Waals surface area contributed by atoms with E-state index in [0.717, 1.165) is 31.3 Å². The number of nitrogens with zero attached hydrogens (tertiary/aromatic N) is 3. The van der Waals surface area contributed by atoms with Crippen molar-refractivity contribution in [1.29, 1.82) is 0 Å². The zero-order valence-electron chi connectivity index (χ0n) is 15.9. The van der Waals surface area contributed by atoms with Crippen molar-refractivity contribution in [1.82, 2.24) is 9.47 Å². The highest BCUT2D eigenvalue weighted by Gasteiger charge is 2.21. The van der Waals surface area contributed by atoms with Gasteiger partial charge in [-0.1, -0.05) is 36.8 Å². The Bertz CT molecular complexity index is 869. The molecule has 0 atom stereocenters. The molecular weight excluding hydrogens is 336 g/mol. The van der Waals surface area contributed by atoms with Crippen LogP contribution in [0.4, 0.5) is 5.95 Å². The van der Waals surface area contributed by atoms with Crippen LogP contribution in [0.3, 0.4) is 0 Å². The summed E-state index contributed by atoms with van der Waals surface area (Å²) in [5.41, 5.74) is 8.94. The number of fused-ring (bicyclic) bond motifs is 1. The second-order valence-electron chi connectivity index (χ2n) is 7.21. The highest BCUT2D eigenvalue weighted by molar-refractivity contribution is 5.73. The normalized spacial score (nSPS) is 15.3. The molecule has 1 aromatic heterocycles. The molecule has 2 heterocycles. The number of anilines is 1. The van der Waals surface area contributed by atoms with E-state index < -0.39 is 0 Å². The molecule has 0 spiro atoms. The number of imidazole rings is 1. The quantitative estimate of drug-likeness (QED) is 0.655. The first-order valence-electron chi connectivity index (χ1n) is 10.00. The highest BCUT2D eigenvalue weighted by Crippen LogP contribution is 2.17. The fourth-order valence-corrected chi connectivity index (χ4v) is 3.98. The van der Waals surface area contributed by atoms with Crippen LogP contribution in [-0.4, -0.2) is 35.7 Å². The molecule has 0 radical (unpaired) electrons. The summed E-state index contributed by atoms with van der Waals surface area (Å²) in [7, 11) is 0. The van der Waals surface area contributed by atoms with Crippen molar-refractivity contribution < 1.29 is 9.30 Å². The summed E-state index contributed by atoms with van der Waals surface area (Å²) in [5.74, 6) is 1.70. The molecule has 142 valence electrons. The van der Waals surface area contributed by atoms with Crippen LogP contribution >= 0.6 is 0 Å². The zero-order valence-corrected chi connectivity index (χ0v) is 15.9. The van der Waals surface area contributed by atoms with Gasteiger partial charge in [-0.05, 0) is 50.2 Å². The Labute approximate surface area is 161 Å². The number of aromatic nitrogens is 2. The fraction of sp³-hybridized carbons (Fsp3) is 0.409. The molecule has 0 bridgehead atoms. The molecule has 2 aromatic carbocycles. The molecule has 5 nitrogen and oxygen atoms in total. The van der Waals surface area contributed by atoms with Crippen LogP contribution < -0.4 is 15.0 Å². The SMILES string of the molecule is Nc1n(CCOc2ccccc2)c2ccccc2[n+]1CCN1CCCCC1. The van der Waals surface area contributed by atoms with Crippen molar-refractivity contribution in [2.75, 3.05) is 32.0 Å². The minimum absolute atomic E-state index is 0.596. The molecule has 27 heavy (non-hydrogen) atoms. The van der Waals surface area contributed by atoms with Crippen LogP contribution in [0.5, 0.6) is 5.75 Å². The van der Waals surface area contributed by atoms with Crippen LogP contribution in [0.2, 0.25) is 0 Å². The van der Waals surface area contributed by atoms with E-state index >= 15 is 0 Å². The third kappa shape index (κ3) is 4.08. The van der Waals surface area contributed by atoms with Gasteiger partial charge >= 0.3 is 5.95 Å². The number of likely N-dealkylation sites (tertiary alicyclic amines) is 1. The number of nitrogen functional groups attached to an aromatic ring is 1. The third-order valence-electron chi connectivity index (χ3n) is 5.43. The van der Waals surface area contributed by atoms with Crippen molar-refractivity contribution >= 4 is 17.0 Å². The van der Waals surface area contributed by atoms with Crippen LogP contribution in [0.25, 0.3) is 11.0 Å². The molecule has 1 fully saturated rings. The number of piperidine rings is 1. The number of rotatable bonds is 7. The highest BCUT2D eigenvalue weighted by atomic mass is 16.5.